The molecule has 2 rings (SSSR count). The first-order valence-electron chi connectivity index (χ1n) is 4.18. The topological polar surface area (TPSA) is 51.0 Å². The maximum atomic E-state index is 9.94. The van der Waals surface area contributed by atoms with Crippen molar-refractivity contribution >= 4 is 11.9 Å². The number of oxime groups is 1. The van der Waals surface area contributed by atoms with E-state index in [4.69, 9.17) is 4.84 Å². The SMILES string of the molecule is O=C=NC1=NOC2(CCCC2)C1. The summed E-state index contributed by atoms with van der Waals surface area (Å²) in [7, 11) is 0. The van der Waals surface area contributed by atoms with E-state index in [0.717, 1.165) is 12.8 Å². The summed E-state index contributed by atoms with van der Waals surface area (Å²) in [5.41, 5.74) is -0.115. The largest absolute Gasteiger partial charge is 0.387 e. The van der Waals surface area contributed by atoms with Crippen molar-refractivity contribution in [2.75, 3.05) is 0 Å². The number of carbonyl (C=O) groups excluding carboxylic acids is 1. The number of hydrogen-bond donors (Lipinski definition) is 0. The van der Waals surface area contributed by atoms with E-state index in [0.29, 0.717) is 12.3 Å². The van der Waals surface area contributed by atoms with Crippen molar-refractivity contribution in [2.45, 2.75) is 37.7 Å². The van der Waals surface area contributed by atoms with E-state index in [1.54, 1.807) is 0 Å². The summed E-state index contributed by atoms with van der Waals surface area (Å²) < 4.78 is 0. The van der Waals surface area contributed by atoms with Gasteiger partial charge in [0.2, 0.25) is 6.08 Å². The summed E-state index contributed by atoms with van der Waals surface area (Å²) in [6.45, 7) is 0. The van der Waals surface area contributed by atoms with Gasteiger partial charge in [-0.3, -0.25) is 0 Å². The Morgan fingerprint density at radius 3 is 2.92 bits per heavy atom. The van der Waals surface area contributed by atoms with E-state index >= 15 is 0 Å². The fourth-order valence-corrected chi connectivity index (χ4v) is 1.90. The van der Waals surface area contributed by atoms with Gasteiger partial charge >= 0.3 is 0 Å². The van der Waals surface area contributed by atoms with Gasteiger partial charge in [-0.2, -0.15) is 0 Å². The zero-order chi connectivity index (χ0) is 8.44. The molecule has 0 atom stereocenters. The fraction of sp³-hybridized carbons (Fsp3) is 0.750. The highest BCUT2D eigenvalue weighted by Gasteiger charge is 2.41. The van der Waals surface area contributed by atoms with Crippen molar-refractivity contribution in [1.29, 1.82) is 0 Å². The quantitative estimate of drug-likeness (QED) is 0.403. The smallest absolute Gasteiger partial charge is 0.241 e. The van der Waals surface area contributed by atoms with Crippen LogP contribution in [0.15, 0.2) is 10.1 Å². The molecule has 1 saturated carbocycles. The van der Waals surface area contributed by atoms with E-state index in [9.17, 15) is 4.79 Å². The first kappa shape index (κ1) is 7.50. The standard InChI is InChI=1S/C8H10N2O2/c11-6-9-7-5-8(12-10-7)3-1-2-4-8/h1-5H2. The van der Waals surface area contributed by atoms with Gasteiger partial charge < -0.3 is 4.84 Å². The molecule has 0 amide bonds. The maximum Gasteiger partial charge on any atom is 0.241 e. The highest BCUT2D eigenvalue weighted by molar-refractivity contribution is 5.88. The minimum atomic E-state index is -0.115. The van der Waals surface area contributed by atoms with E-state index in [1.807, 2.05) is 0 Å². The predicted octanol–water partition coefficient (Wildman–Crippen LogP) is 1.37. The van der Waals surface area contributed by atoms with Crippen molar-refractivity contribution in [3.63, 3.8) is 0 Å². The Balaban J connectivity index is 2.06. The van der Waals surface area contributed by atoms with Gasteiger partial charge in [-0.1, -0.05) is 5.16 Å². The molecule has 0 saturated heterocycles. The zero-order valence-corrected chi connectivity index (χ0v) is 6.75. The normalized spacial score (nSPS) is 24.8. The monoisotopic (exact) mass is 166 g/mol. The summed E-state index contributed by atoms with van der Waals surface area (Å²) in [4.78, 5) is 18.7. The number of aliphatic imine (C=N–C) groups is 1. The van der Waals surface area contributed by atoms with Crippen LogP contribution in [0.1, 0.15) is 32.1 Å². The molecule has 1 heterocycles. The minimum absolute atomic E-state index is 0.115. The number of hydrogen-bond acceptors (Lipinski definition) is 4. The summed E-state index contributed by atoms with van der Waals surface area (Å²) in [6, 6.07) is 0. The highest BCUT2D eigenvalue weighted by Crippen LogP contribution is 2.39. The van der Waals surface area contributed by atoms with Gasteiger partial charge in [0.25, 0.3) is 0 Å². The van der Waals surface area contributed by atoms with Gasteiger partial charge in [-0.25, -0.2) is 4.79 Å². The number of nitrogens with zero attached hydrogens (tertiary/aromatic N) is 2. The molecular weight excluding hydrogens is 156 g/mol. The van der Waals surface area contributed by atoms with E-state index in [1.165, 1.54) is 18.9 Å². The average Bonchev–Trinajstić information content (AvgIpc) is 2.65. The molecule has 0 N–H and O–H groups in total. The maximum absolute atomic E-state index is 9.94. The molecule has 0 aromatic heterocycles. The van der Waals surface area contributed by atoms with Crippen LogP contribution in [-0.2, 0) is 9.63 Å². The van der Waals surface area contributed by atoms with Crippen LogP contribution in [-0.4, -0.2) is 17.5 Å². The Morgan fingerprint density at radius 1 is 1.50 bits per heavy atom. The van der Waals surface area contributed by atoms with Crippen molar-refractivity contribution < 1.29 is 9.63 Å². The van der Waals surface area contributed by atoms with E-state index in [-0.39, 0.29) is 5.60 Å². The number of amidine groups is 1. The van der Waals surface area contributed by atoms with E-state index < -0.39 is 0 Å². The molecule has 64 valence electrons. The Hall–Kier alpha value is -1.15. The van der Waals surface area contributed by atoms with Crippen LogP contribution in [0.25, 0.3) is 0 Å². The van der Waals surface area contributed by atoms with Crippen LogP contribution in [0.2, 0.25) is 0 Å². The van der Waals surface area contributed by atoms with Gasteiger partial charge in [0.15, 0.2) is 5.84 Å². The van der Waals surface area contributed by atoms with Gasteiger partial charge in [0.1, 0.15) is 5.60 Å². The molecule has 1 fully saturated rings. The third-order valence-corrected chi connectivity index (χ3v) is 2.51. The zero-order valence-electron chi connectivity index (χ0n) is 6.75. The van der Waals surface area contributed by atoms with Crippen molar-refractivity contribution in [3.8, 4) is 0 Å². The molecule has 0 bridgehead atoms. The number of isocyanates is 1. The summed E-state index contributed by atoms with van der Waals surface area (Å²) in [6.07, 6.45) is 6.61. The average molecular weight is 166 g/mol. The molecule has 4 heteroatoms. The van der Waals surface area contributed by atoms with Crippen LogP contribution in [0.3, 0.4) is 0 Å². The molecule has 2 aliphatic rings. The summed E-state index contributed by atoms with van der Waals surface area (Å²) in [5.74, 6) is 0.493. The second-order valence-corrected chi connectivity index (χ2v) is 3.37. The molecule has 4 nitrogen and oxygen atoms in total. The molecule has 0 aromatic carbocycles. The Morgan fingerprint density at radius 2 is 2.25 bits per heavy atom. The number of rotatable bonds is 0. The van der Waals surface area contributed by atoms with Crippen molar-refractivity contribution in [2.24, 2.45) is 10.1 Å². The molecule has 12 heavy (non-hydrogen) atoms. The second-order valence-electron chi connectivity index (χ2n) is 3.37. The molecular formula is C8H10N2O2. The van der Waals surface area contributed by atoms with E-state index in [2.05, 4.69) is 10.1 Å². The highest BCUT2D eigenvalue weighted by atomic mass is 16.7. The Kier molecular flexibility index (Phi) is 1.70. The van der Waals surface area contributed by atoms with Crippen LogP contribution in [0.5, 0.6) is 0 Å². The van der Waals surface area contributed by atoms with Gasteiger partial charge in [-0.05, 0) is 25.7 Å². The Labute approximate surface area is 70.3 Å². The second kappa shape index (κ2) is 2.72. The van der Waals surface area contributed by atoms with Gasteiger partial charge in [0.05, 0.1) is 6.42 Å². The van der Waals surface area contributed by atoms with Crippen LogP contribution in [0.4, 0.5) is 0 Å². The summed E-state index contributed by atoms with van der Waals surface area (Å²) >= 11 is 0. The molecule has 0 aromatic rings. The van der Waals surface area contributed by atoms with Crippen LogP contribution in [0, 0.1) is 0 Å². The van der Waals surface area contributed by atoms with Crippen LogP contribution >= 0.6 is 0 Å². The lowest BCUT2D eigenvalue weighted by Crippen LogP contribution is -2.23. The molecule has 0 unspecified atom stereocenters. The van der Waals surface area contributed by atoms with Crippen molar-refractivity contribution in [3.05, 3.63) is 0 Å². The minimum Gasteiger partial charge on any atom is -0.387 e. The third kappa shape index (κ3) is 1.14. The van der Waals surface area contributed by atoms with Gasteiger partial charge in [0, 0.05) is 0 Å². The van der Waals surface area contributed by atoms with Crippen molar-refractivity contribution in [1.82, 2.24) is 0 Å². The lowest BCUT2D eigenvalue weighted by molar-refractivity contribution is -0.0126. The molecule has 1 aliphatic heterocycles. The lowest BCUT2D eigenvalue weighted by Gasteiger charge is -2.18. The third-order valence-electron chi connectivity index (χ3n) is 2.51. The lowest BCUT2D eigenvalue weighted by atomic mass is 9.98. The molecule has 1 aliphatic carbocycles. The first-order chi connectivity index (χ1) is 5.85. The van der Waals surface area contributed by atoms with Gasteiger partial charge in [-0.15, -0.1) is 4.99 Å². The predicted molar refractivity (Wildman–Crippen MR) is 42.5 cm³/mol. The first-order valence-corrected chi connectivity index (χ1v) is 4.18. The molecule has 0 radical (unpaired) electrons. The Bertz CT molecular complexity index is 260. The fourth-order valence-electron chi connectivity index (χ4n) is 1.90. The molecule has 1 spiro atoms. The van der Waals surface area contributed by atoms with Crippen LogP contribution < -0.4 is 0 Å². The summed E-state index contributed by atoms with van der Waals surface area (Å²) in [5, 5.41) is 3.75.